The van der Waals surface area contributed by atoms with Crippen molar-refractivity contribution in [2.45, 2.75) is 32.7 Å². The van der Waals surface area contributed by atoms with Gasteiger partial charge >= 0.3 is 6.03 Å². The Morgan fingerprint density at radius 2 is 1.72 bits per heavy atom. The van der Waals surface area contributed by atoms with E-state index < -0.39 is 28.9 Å². The number of hydrogen-bond donors (Lipinski definition) is 1. The van der Waals surface area contributed by atoms with Crippen LogP contribution in [0.1, 0.15) is 37.0 Å². The summed E-state index contributed by atoms with van der Waals surface area (Å²) in [6, 6.07) is 1.35. The topological polar surface area (TPSA) is 52.7 Å². The molecular formula is C17H22F3N3O2. The highest BCUT2D eigenvalue weighted by Gasteiger charge is 2.27. The third-order valence-corrected chi connectivity index (χ3v) is 4.41. The molecule has 0 aromatic heterocycles. The van der Waals surface area contributed by atoms with Crippen LogP contribution in [-0.2, 0) is 0 Å². The van der Waals surface area contributed by atoms with E-state index in [1.807, 2.05) is 13.8 Å². The average Bonchev–Trinajstić information content (AvgIpc) is 2.61. The highest BCUT2D eigenvalue weighted by molar-refractivity contribution is 5.94. The Hall–Kier alpha value is -2.25. The van der Waals surface area contributed by atoms with E-state index in [0.717, 1.165) is 12.1 Å². The van der Waals surface area contributed by atoms with Crippen LogP contribution in [-0.4, -0.2) is 54.0 Å². The van der Waals surface area contributed by atoms with Gasteiger partial charge in [0, 0.05) is 32.2 Å². The summed E-state index contributed by atoms with van der Waals surface area (Å²) in [5, 5.41) is 2.62. The summed E-state index contributed by atoms with van der Waals surface area (Å²) < 4.78 is 39.8. The average molecular weight is 357 g/mol. The summed E-state index contributed by atoms with van der Waals surface area (Å²) in [7, 11) is 0. The molecule has 0 saturated carbocycles. The monoisotopic (exact) mass is 357 g/mol. The predicted octanol–water partition coefficient (Wildman–Crippen LogP) is 2.76. The van der Waals surface area contributed by atoms with Gasteiger partial charge in [0.25, 0.3) is 5.91 Å². The van der Waals surface area contributed by atoms with Crippen LogP contribution in [0.2, 0.25) is 0 Å². The minimum Gasteiger partial charge on any atom is -0.349 e. The van der Waals surface area contributed by atoms with Crippen molar-refractivity contribution < 1.29 is 22.8 Å². The van der Waals surface area contributed by atoms with Crippen LogP contribution in [0.3, 0.4) is 0 Å². The first-order valence-corrected chi connectivity index (χ1v) is 8.37. The predicted molar refractivity (Wildman–Crippen MR) is 86.7 cm³/mol. The number of benzene rings is 1. The van der Waals surface area contributed by atoms with E-state index in [9.17, 15) is 22.8 Å². The molecule has 3 amide bonds. The summed E-state index contributed by atoms with van der Waals surface area (Å²) in [4.78, 5) is 27.8. The Kier molecular flexibility index (Phi) is 6.27. The first-order chi connectivity index (χ1) is 11.9. The van der Waals surface area contributed by atoms with Crippen molar-refractivity contribution in [2.75, 3.05) is 26.2 Å². The van der Waals surface area contributed by atoms with Gasteiger partial charge in [-0.25, -0.2) is 18.0 Å². The molecule has 1 N–H and O–H groups in total. The molecule has 0 unspecified atom stereocenters. The van der Waals surface area contributed by atoms with E-state index in [-0.39, 0.29) is 12.1 Å². The van der Waals surface area contributed by atoms with Crippen molar-refractivity contribution in [3.63, 3.8) is 0 Å². The second-order valence-corrected chi connectivity index (χ2v) is 5.91. The second kappa shape index (κ2) is 8.22. The summed E-state index contributed by atoms with van der Waals surface area (Å²) >= 11 is 0. The van der Waals surface area contributed by atoms with Crippen LogP contribution in [0.4, 0.5) is 18.0 Å². The highest BCUT2D eigenvalue weighted by atomic mass is 19.2. The lowest BCUT2D eigenvalue weighted by Gasteiger charge is -2.35. The molecule has 1 aromatic rings. The highest BCUT2D eigenvalue weighted by Crippen LogP contribution is 2.17. The van der Waals surface area contributed by atoms with Gasteiger partial charge in [-0.1, -0.05) is 0 Å². The number of urea groups is 1. The first kappa shape index (κ1) is 19.1. The molecule has 5 nitrogen and oxygen atoms in total. The number of rotatable bonds is 4. The van der Waals surface area contributed by atoms with Gasteiger partial charge in [0.1, 0.15) is 0 Å². The first-order valence-electron chi connectivity index (χ1n) is 8.37. The molecule has 1 aliphatic rings. The molecule has 1 saturated heterocycles. The van der Waals surface area contributed by atoms with Crippen LogP contribution >= 0.6 is 0 Å². The zero-order valence-corrected chi connectivity index (χ0v) is 14.3. The fourth-order valence-corrected chi connectivity index (χ4v) is 2.87. The molecule has 8 heteroatoms. The molecule has 1 aliphatic heterocycles. The minimum absolute atomic E-state index is 0.0403. The van der Waals surface area contributed by atoms with Crippen LogP contribution in [0.15, 0.2) is 12.1 Å². The molecule has 1 aromatic carbocycles. The van der Waals surface area contributed by atoms with E-state index in [0.29, 0.717) is 39.0 Å². The van der Waals surface area contributed by atoms with Crippen LogP contribution in [0, 0.1) is 17.5 Å². The minimum atomic E-state index is -1.66. The molecule has 0 spiro atoms. The zero-order valence-electron chi connectivity index (χ0n) is 14.3. The summed E-state index contributed by atoms with van der Waals surface area (Å²) in [6.07, 6.45) is 1.04. The SMILES string of the molecule is CCN(CC)C(=O)N1CCC(NC(=O)c2ccc(F)c(F)c2F)CC1. The second-order valence-electron chi connectivity index (χ2n) is 5.91. The van der Waals surface area contributed by atoms with E-state index in [1.165, 1.54) is 0 Å². The van der Waals surface area contributed by atoms with Gasteiger partial charge in [-0.3, -0.25) is 4.79 Å². The van der Waals surface area contributed by atoms with Gasteiger partial charge in [-0.05, 0) is 38.8 Å². The van der Waals surface area contributed by atoms with Crippen molar-refractivity contribution >= 4 is 11.9 Å². The van der Waals surface area contributed by atoms with Gasteiger partial charge < -0.3 is 15.1 Å². The standard InChI is InChI=1S/C17H22F3N3O2/c1-3-22(4-2)17(25)23-9-7-11(8-10-23)21-16(24)12-5-6-13(18)15(20)14(12)19/h5-6,11H,3-4,7-10H2,1-2H3,(H,21,24). The molecule has 25 heavy (non-hydrogen) atoms. The third kappa shape index (κ3) is 4.24. The molecule has 0 bridgehead atoms. The number of hydrogen-bond acceptors (Lipinski definition) is 2. The van der Waals surface area contributed by atoms with E-state index in [1.54, 1.807) is 9.80 Å². The number of nitrogens with zero attached hydrogens (tertiary/aromatic N) is 2. The molecule has 138 valence electrons. The third-order valence-electron chi connectivity index (χ3n) is 4.41. The van der Waals surface area contributed by atoms with Crippen molar-refractivity contribution in [3.8, 4) is 0 Å². The van der Waals surface area contributed by atoms with E-state index in [4.69, 9.17) is 0 Å². The Bertz CT molecular complexity index is 642. The van der Waals surface area contributed by atoms with Crippen molar-refractivity contribution in [1.29, 1.82) is 0 Å². The van der Waals surface area contributed by atoms with Crippen molar-refractivity contribution in [2.24, 2.45) is 0 Å². The largest absolute Gasteiger partial charge is 0.349 e. The number of amides is 3. The lowest BCUT2D eigenvalue weighted by molar-refractivity contribution is 0.0906. The fraction of sp³-hybridized carbons (Fsp3) is 0.529. The maximum absolute atomic E-state index is 13.7. The molecule has 1 heterocycles. The van der Waals surface area contributed by atoms with E-state index in [2.05, 4.69) is 5.32 Å². The van der Waals surface area contributed by atoms with Gasteiger partial charge in [0.2, 0.25) is 0 Å². The maximum atomic E-state index is 13.7. The van der Waals surface area contributed by atoms with Gasteiger partial charge in [-0.2, -0.15) is 0 Å². The normalized spacial score (nSPS) is 15.2. The van der Waals surface area contributed by atoms with Gasteiger partial charge in [0.15, 0.2) is 17.5 Å². The van der Waals surface area contributed by atoms with Crippen LogP contribution in [0.5, 0.6) is 0 Å². The van der Waals surface area contributed by atoms with Crippen molar-refractivity contribution in [1.82, 2.24) is 15.1 Å². The lowest BCUT2D eigenvalue weighted by atomic mass is 10.0. The number of piperidine rings is 1. The molecule has 0 radical (unpaired) electrons. The lowest BCUT2D eigenvalue weighted by Crippen LogP contribution is -2.50. The number of halogens is 3. The van der Waals surface area contributed by atoms with Crippen LogP contribution < -0.4 is 5.32 Å². The number of likely N-dealkylation sites (tertiary alicyclic amines) is 1. The maximum Gasteiger partial charge on any atom is 0.319 e. The fourth-order valence-electron chi connectivity index (χ4n) is 2.87. The molecule has 0 aliphatic carbocycles. The zero-order chi connectivity index (χ0) is 18.6. The summed E-state index contributed by atoms with van der Waals surface area (Å²) in [6.45, 7) is 6.01. The smallest absolute Gasteiger partial charge is 0.319 e. The van der Waals surface area contributed by atoms with Gasteiger partial charge in [-0.15, -0.1) is 0 Å². The van der Waals surface area contributed by atoms with Gasteiger partial charge in [0.05, 0.1) is 5.56 Å². The number of carbonyl (C=O) groups is 2. The molecular weight excluding hydrogens is 335 g/mol. The quantitative estimate of drug-likeness (QED) is 0.843. The van der Waals surface area contributed by atoms with Crippen LogP contribution in [0.25, 0.3) is 0 Å². The Morgan fingerprint density at radius 3 is 2.28 bits per heavy atom. The Morgan fingerprint density at radius 1 is 1.12 bits per heavy atom. The van der Waals surface area contributed by atoms with Crippen molar-refractivity contribution in [3.05, 3.63) is 35.1 Å². The number of carbonyl (C=O) groups excluding carboxylic acids is 2. The molecule has 0 atom stereocenters. The van der Waals surface area contributed by atoms with E-state index >= 15 is 0 Å². The molecule has 1 fully saturated rings. The Balaban J connectivity index is 1.93. The Labute approximate surface area is 144 Å². The number of nitrogens with one attached hydrogen (secondary N) is 1. The summed E-state index contributed by atoms with van der Waals surface area (Å²) in [5.74, 6) is -5.28. The molecule has 2 rings (SSSR count). The summed E-state index contributed by atoms with van der Waals surface area (Å²) in [5.41, 5.74) is -0.527.